The Bertz CT molecular complexity index is 1140. The van der Waals surface area contributed by atoms with Crippen LogP contribution in [0.1, 0.15) is 11.5 Å². The molecule has 0 bridgehead atoms. The lowest BCUT2D eigenvalue weighted by Gasteiger charge is -2.09. The molecule has 0 saturated heterocycles. The Hall–Kier alpha value is -3.01. The fourth-order valence-electron chi connectivity index (χ4n) is 2.44. The molecule has 0 spiro atoms. The Balaban J connectivity index is 1.74. The van der Waals surface area contributed by atoms with Crippen LogP contribution in [0.2, 0.25) is 0 Å². The van der Waals surface area contributed by atoms with Crippen LogP contribution in [0.25, 0.3) is 11.4 Å². The Morgan fingerprint density at radius 1 is 1.14 bits per heavy atom. The molecule has 152 valence electrons. The molecule has 1 atom stereocenters. The highest BCUT2D eigenvalue weighted by atomic mass is 32.2. The van der Waals surface area contributed by atoms with E-state index in [1.165, 1.54) is 24.3 Å². The van der Waals surface area contributed by atoms with Crippen LogP contribution in [0.4, 0.5) is 17.6 Å². The lowest BCUT2D eigenvalue weighted by atomic mass is 10.1. The van der Waals surface area contributed by atoms with E-state index in [1.54, 1.807) is 30.5 Å². The number of amides is 1. The quantitative estimate of drug-likeness (QED) is 0.458. The second-order valence-electron chi connectivity index (χ2n) is 6.27. The molecule has 0 fully saturated rings. The first-order valence-electron chi connectivity index (χ1n) is 8.17. The molecule has 1 amide bonds. The molecule has 0 N–H and O–H groups in total. The van der Waals surface area contributed by atoms with Crippen molar-refractivity contribution in [3.8, 4) is 11.4 Å². The van der Waals surface area contributed by atoms with E-state index in [1.807, 2.05) is 0 Å². The minimum atomic E-state index is -4.72. The molecule has 2 aromatic carbocycles. The van der Waals surface area contributed by atoms with Gasteiger partial charge >= 0.3 is 12.1 Å². The van der Waals surface area contributed by atoms with Gasteiger partial charge in [0.1, 0.15) is 5.82 Å². The standard InChI is InChI=1S/C19H15F4N3O2S/c1-29(2,15-9-7-14(20)8-10-15)26-16(27)11-12-3-5-13(6-4-12)17-24-18(28-25-17)19(21,22)23/h3-10H,1,11H2,2H3. The van der Waals surface area contributed by atoms with Crippen LogP contribution >= 0.6 is 0 Å². The van der Waals surface area contributed by atoms with Gasteiger partial charge in [0.15, 0.2) is 0 Å². The average molecular weight is 425 g/mol. The maximum atomic E-state index is 13.1. The summed E-state index contributed by atoms with van der Waals surface area (Å²) in [5, 5.41) is 3.31. The van der Waals surface area contributed by atoms with E-state index in [0.29, 0.717) is 16.0 Å². The van der Waals surface area contributed by atoms with Gasteiger partial charge in [0.2, 0.25) is 5.82 Å². The molecule has 3 aromatic rings. The van der Waals surface area contributed by atoms with Gasteiger partial charge in [-0.1, -0.05) is 35.3 Å². The van der Waals surface area contributed by atoms with Crippen LogP contribution < -0.4 is 0 Å². The SMILES string of the molecule is C=S(C)(=NC(=O)Cc1ccc(-c2noc(C(F)(F)F)n2)cc1)c1ccc(F)cc1. The van der Waals surface area contributed by atoms with Crippen molar-refractivity contribution in [3.05, 3.63) is 65.8 Å². The molecule has 0 aliphatic carbocycles. The third-order valence-corrected chi connectivity index (χ3v) is 5.76. The van der Waals surface area contributed by atoms with Crippen molar-refractivity contribution >= 4 is 21.2 Å². The van der Waals surface area contributed by atoms with E-state index in [0.717, 1.165) is 0 Å². The first kappa shape index (κ1) is 20.7. The van der Waals surface area contributed by atoms with Crippen LogP contribution in [0.5, 0.6) is 0 Å². The molecule has 0 saturated carbocycles. The van der Waals surface area contributed by atoms with E-state index < -0.39 is 27.4 Å². The van der Waals surface area contributed by atoms with Gasteiger partial charge in [-0.2, -0.15) is 22.5 Å². The smallest absolute Gasteiger partial charge is 0.329 e. The van der Waals surface area contributed by atoms with Crippen LogP contribution in [0, 0.1) is 5.82 Å². The van der Waals surface area contributed by atoms with E-state index in [2.05, 4.69) is 24.9 Å². The van der Waals surface area contributed by atoms with E-state index in [9.17, 15) is 22.4 Å². The molecule has 3 rings (SSSR count). The van der Waals surface area contributed by atoms with Crippen molar-refractivity contribution < 1.29 is 26.9 Å². The molecule has 0 aliphatic rings. The average Bonchev–Trinajstić information content (AvgIpc) is 3.13. The van der Waals surface area contributed by atoms with Crippen molar-refractivity contribution in [2.75, 3.05) is 6.26 Å². The number of aromatic nitrogens is 2. The Kier molecular flexibility index (Phi) is 5.56. The summed E-state index contributed by atoms with van der Waals surface area (Å²) in [7, 11) is -2.04. The third kappa shape index (κ3) is 5.08. The highest BCUT2D eigenvalue weighted by Gasteiger charge is 2.38. The lowest BCUT2D eigenvalue weighted by molar-refractivity contribution is -0.159. The van der Waals surface area contributed by atoms with E-state index in [-0.39, 0.29) is 18.1 Å². The van der Waals surface area contributed by atoms with Gasteiger partial charge in [-0.3, -0.25) is 4.79 Å². The monoisotopic (exact) mass is 425 g/mol. The zero-order valence-electron chi connectivity index (χ0n) is 15.1. The summed E-state index contributed by atoms with van der Waals surface area (Å²) in [5.74, 6) is 1.55. The number of nitrogens with zero attached hydrogens (tertiary/aromatic N) is 3. The maximum absolute atomic E-state index is 13.1. The molecule has 0 aliphatic heterocycles. The molecule has 1 aromatic heterocycles. The van der Waals surface area contributed by atoms with E-state index in [4.69, 9.17) is 0 Å². The lowest BCUT2D eigenvalue weighted by Crippen LogP contribution is -2.06. The van der Waals surface area contributed by atoms with Gasteiger partial charge in [0.05, 0.1) is 6.42 Å². The summed E-state index contributed by atoms with van der Waals surface area (Å²) in [6.45, 7) is 0. The molecular formula is C19H15F4N3O2S. The van der Waals surface area contributed by atoms with Gasteiger partial charge in [-0.05, 0) is 36.1 Å². The molecule has 1 unspecified atom stereocenters. The third-order valence-electron chi connectivity index (χ3n) is 3.86. The van der Waals surface area contributed by atoms with Crippen LogP contribution in [0.15, 0.2) is 62.3 Å². The summed E-state index contributed by atoms with van der Waals surface area (Å²) >= 11 is 0. The fourth-order valence-corrected chi connectivity index (χ4v) is 3.78. The predicted molar refractivity (Wildman–Crippen MR) is 101 cm³/mol. The van der Waals surface area contributed by atoms with E-state index >= 15 is 0 Å². The summed E-state index contributed by atoms with van der Waals surface area (Å²) in [6.07, 6.45) is -3.01. The molecule has 29 heavy (non-hydrogen) atoms. The molecule has 0 radical (unpaired) electrons. The van der Waals surface area contributed by atoms with Gasteiger partial charge in [0.25, 0.3) is 5.91 Å². The Morgan fingerprint density at radius 3 is 2.31 bits per heavy atom. The largest absolute Gasteiger partial charge is 0.471 e. The first-order valence-corrected chi connectivity index (χ1v) is 10.3. The highest BCUT2D eigenvalue weighted by Crippen LogP contribution is 2.29. The second kappa shape index (κ2) is 7.78. The Morgan fingerprint density at radius 2 is 1.76 bits per heavy atom. The zero-order valence-corrected chi connectivity index (χ0v) is 15.9. The topological polar surface area (TPSA) is 68.3 Å². The minimum absolute atomic E-state index is 0.0143. The number of carbonyl (C=O) groups excluding carboxylic acids is 1. The van der Waals surface area contributed by atoms with Crippen molar-refractivity contribution in [1.82, 2.24) is 10.1 Å². The molecular weight excluding hydrogens is 410 g/mol. The molecule has 10 heteroatoms. The van der Waals surface area contributed by atoms with Crippen molar-refractivity contribution in [2.45, 2.75) is 17.5 Å². The zero-order chi connectivity index (χ0) is 21.2. The van der Waals surface area contributed by atoms with Crippen molar-refractivity contribution in [2.24, 2.45) is 4.36 Å². The second-order valence-corrected chi connectivity index (χ2v) is 9.01. The normalized spacial score (nSPS) is 13.7. The molecule has 1 heterocycles. The van der Waals surface area contributed by atoms with Crippen LogP contribution in [0.3, 0.4) is 0 Å². The fraction of sp³-hybridized carbons (Fsp3) is 0.158. The number of hydrogen-bond donors (Lipinski definition) is 0. The molecule has 5 nitrogen and oxygen atoms in total. The van der Waals surface area contributed by atoms with Gasteiger partial charge in [0, 0.05) is 10.5 Å². The van der Waals surface area contributed by atoms with Gasteiger partial charge < -0.3 is 4.52 Å². The van der Waals surface area contributed by atoms with Crippen molar-refractivity contribution in [3.63, 3.8) is 0 Å². The minimum Gasteiger partial charge on any atom is -0.329 e. The van der Waals surface area contributed by atoms with Crippen LogP contribution in [-0.4, -0.2) is 28.2 Å². The number of alkyl halides is 3. The van der Waals surface area contributed by atoms with Crippen LogP contribution in [-0.2, 0) is 26.8 Å². The van der Waals surface area contributed by atoms with Gasteiger partial charge in [-0.25, -0.2) is 4.39 Å². The maximum Gasteiger partial charge on any atom is 0.471 e. The summed E-state index contributed by atoms with van der Waals surface area (Å²) < 4.78 is 59.0. The highest BCUT2D eigenvalue weighted by molar-refractivity contribution is 8.02. The van der Waals surface area contributed by atoms with Gasteiger partial charge in [-0.15, -0.1) is 9.41 Å². The number of benzene rings is 2. The predicted octanol–water partition coefficient (Wildman–Crippen LogP) is 4.42. The number of hydrogen-bond acceptors (Lipinski definition) is 4. The summed E-state index contributed by atoms with van der Waals surface area (Å²) in [4.78, 5) is 16.3. The number of rotatable bonds is 4. The Labute approximate surface area is 164 Å². The summed E-state index contributed by atoms with van der Waals surface area (Å²) in [5.41, 5.74) is 0.924. The number of carbonyl (C=O) groups is 1. The first-order chi connectivity index (χ1) is 13.5. The summed E-state index contributed by atoms with van der Waals surface area (Å²) in [6, 6.07) is 11.8. The van der Waals surface area contributed by atoms with Crippen molar-refractivity contribution in [1.29, 1.82) is 0 Å². The number of halogens is 4.